The number of anilines is 1. The molecule has 0 unspecified atom stereocenters. The molecule has 3 aromatic rings. The van der Waals surface area contributed by atoms with Crippen LogP contribution in [-0.2, 0) is 14.3 Å². The number of carbonyl (C=O) groups is 3. The van der Waals surface area contributed by atoms with Crippen LogP contribution in [0.2, 0.25) is 0 Å². The van der Waals surface area contributed by atoms with Crippen LogP contribution in [0.25, 0.3) is 10.8 Å². The van der Waals surface area contributed by atoms with Crippen LogP contribution in [-0.4, -0.2) is 36.0 Å². The van der Waals surface area contributed by atoms with Gasteiger partial charge in [0.25, 0.3) is 5.91 Å². The number of aromatic hydroxyl groups is 1. The number of hydrogen-bond acceptors (Lipinski definition) is 5. The lowest BCUT2D eigenvalue weighted by Crippen LogP contribution is -2.37. The van der Waals surface area contributed by atoms with Crippen molar-refractivity contribution in [2.24, 2.45) is 5.73 Å². The smallest absolute Gasteiger partial charge is 0.342 e. The lowest BCUT2D eigenvalue weighted by Gasteiger charge is -2.22. The van der Waals surface area contributed by atoms with E-state index in [0.29, 0.717) is 5.69 Å². The third-order valence-corrected chi connectivity index (χ3v) is 4.36. The van der Waals surface area contributed by atoms with Gasteiger partial charge in [-0.1, -0.05) is 42.5 Å². The molecule has 29 heavy (non-hydrogen) atoms. The molecule has 0 spiro atoms. The highest BCUT2D eigenvalue weighted by Crippen LogP contribution is 2.25. The molecule has 7 heteroatoms. The normalized spacial score (nSPS) is 10.5. The highest BCUT2D eigenvalue weighted by atomic mass is 16.5. The first kappa shape index (κ1) is 19.9. The molecule has 0 aliphatic rings. The molecule has 7 nitrogen and oxygen atoms in total. The van der Waals surface area contributed by atoms with Crippen molar-refractivity contribution in [3.8, 4) is 5.75 Å². The Bertz CT molecular complexity index is 1050. The minimum atomic E-state index is -0.815. The highest BCUT2D eigenvalue weighted by molar-refractivity contribution is 6.01. The second-order valence-corrected chi connectivity index (χ2v) is 6.39. The molecule has 2 amide bonds. The quantitative estimate of drug-likeness (QED) is 0.601. The number of hydrogen-bond donors (Lipinski definition) is 2. The Morgan fingerprint density at radius 2 is 1.55 bits per heavy atom. The van der Waals surface area contributed by atoms with Gasteiger partial charge in [-0.05, 0) is 35.0 Å². The maximum absolute atomic E-state index is 12.6. The van der Waals surface area contributed by atoms with E-state index in [2.05, 4.69) is 0 Å². The standard InChI is InChI=1S/C22H20N2O5/c23-20(26)10-11-24(17-8-2-1-3-9-17)21(27)14-29-22(28)18-12-15-6-4-5-7-16(15)13-19(18)25/h1-9,12-13,25H,10-11,14H2,(H2,23,26). The predicted molar refractivity (Wildman–Crippen MR) is 109 cm³/mol. The van der Waals surface area contributed by atoms with Gasteiger partial charge in [0, 0.05) is 18.7 Å². The van der Waals surface area contributed by atoms with Crippen LogP contribution in [0, 0.1) is 0 Å². The van der Waals surface area contributed by atoms with E-state index in [1.165, 1.54) is 17.0 Å². The number of ether oxygens (including phenoxy) is 1. The Morgan fingerprint density at radius 1 is 0.931 bits per heavy atom. The maximum Gasteiger partial charge on any atom is 0.342 e. The number of para-hydroxylation sites is 1. The second-order valence-electron chi connectivity index (χ2n) is 6.39. The predicted octanol–water partition coefficient (Wildman–Crippen LogP) is 2.61. The maximum atomic E-state index is 12.6. The monoisotopic (exact) mass is 392 g/mol. The number of primary amides is 1. The summed E-state index contributed by atoms with van der Waals surface area (Å²) in [5, 5.41) is 11.7. The van der Waals surface area contributed by atoms with Crippen molar-refractivity contribution in [2.75, 3.05) is 18.1 Å². The highest BCUT2D eigenvalue weighted by Gasteiger charge is 2.20. The van der Waals surface area contributed by atoms with E-state index in [1.807, 2.05) is 18.2 Å². The van der Waals surface area contributed by atoms with Gasteiger partial charge < -0.3 is 20.5 Å². The number of rotatable bonds is 7. The van der Waals surface area contributed by atoms with Gasteiger partial charge in [-0.3, -0.25) is 9.59 Å². The van der Waals surface area contributed by atoms with Crippen molar-refractivity contribution in [1.82, 2.24) is 0 Å². The summed E-state index contributed by atoms with van der Waals surface area (Å²) < 4.78 is 5.12. The summed E-state index contributed by atoms with van der Waals surface area (Å²) in [5.74, 6) is -2.10. The summed E-state index contributed by atoms with van der Waals surface area (Å²) in [5.41, 5.74) is 5.72. The molecule has 0 heterocycles. The van der Waals surface area contributed by atoms with E-state index >= 15 is 0 Å². The number of nitrogens with zero attached hydrogens (tertiary/aromatic N) is 1. The van der Waals surface area contributed by atoms with E-state index in [0.717, 1.165) is 10.8 Å². The number of carbonyl (C=O) groups excluding carboxylic acids is 3. The summed E-state index contributed by atoms with van der Waals surface area (Å²) in [6.45, 7) is -0.476. The molecule has 3 aromatic carbocycles. The van der Waals surface area contributed by atoms with E-state index in [-0.39, 0.29) is 24.3 Å². The van der Waals surface area contributed by atoms with E-state index in [9.17, 15) is 19.5 Å². The lowest BCUT2D eigenvalue weighted by atomic mass is 10.1. The minimum Gasteiger partial charge on any atom is -0.507 e. The van der Waals surface area contributed by atoms with Gasteiger partial charge in [0.05, 0.1) is 0 Å². The van der Waals surface area contributed by atoms with Crippen LogP contribution in [0.4, 0.5) is 5.69 Å². The number of phenols is 1. The summed E-state index contributed by atoms with van der Waals surface area (Å²) >= 11 is 0. The van der Waals surface area contributed by atoms with Crippen LogP contribution < -0.4 is 10.6 Å². The lowest BCUT2D eigenvalue weighted by molar-refractivity contribution is -0.121. The summed E-state index contributed by atoms with van der Waals surface area (Å²) in [4.78, 5) is 37.5. The van der Waals surface area contributed by atoms with Gasteiger partial charge in [-0.2, -0.15) is 0 Å². The van der Waals surface area contributed by atoms with Gasteiger partial charge in [-0.25, -0.2) is 4.79 Å². The van der Waals surface area contributed by atoms with Gasteiger partial charge in [-0.15, -0.1) is 0 Å². The number of fused-ring (bicyclic) bond motifs is 1. The summed E-state index contributed by atoms with van der Waals surface area (Å²) in [6.07, 6.45) is -0.0277. The van der Waals surface area contributed by atoms with E-state index in [4.69, 9.17) is 10.5 Å². The molecule has 0 bridgehead atoms. The SMILES string of the molecule is NC(=O)CCN(C(=O)COC(=O)c1cc2ccccc2cc1O)c1ccccc1. The topological polar surface area (TPSA) is 110 Å². The van der Waals surface area contributed by atoms with Gasteiger partial charge in [0.2, 0.25) is 5.91 Å². The zero-order valence-corrected chi connectivity index (χ0v) is 15.6. The number of esters is 1. The van der Waals surface area contributed by atoms with Crippen LogP contribution >= 0.6 is 0 Å². The van der Waals surface area contributed by atoms with E-state index in [1.54, 1.807) is 36.4 Å². The summed E-state index contributed by atoms with van der Waals surface area (Å²) in [7, 11) is 0. The molecule has 0 atom stereocenters. The molecular formula is C22H20N2O5. The Balaban J connectivity index is 1.73. The fourth-order valence-electron chi connectivity index (χ4n) is 2.90. The molecule has 148 valence electrons. The first-order valence-corrected chi connectivity index (χ1v) is 8.98. The molecule has 0 aromatic heterocycles. The van der Waals surface area contributed by atoms with E-state index < -0.39 is 24.4 Å². The molecular weight excluding hydrogens is 372 g/mol. The Kier molecular flexibility index (Phi) is 6.09. The van der Waals surface area contributed by atoms with Crippen LogP contribution in [0.3, 0.4) is 0 Å². The van der Waals surface area contributed by atoms with Crippen LogP contribution in [0.1, 0.15) is 16.8 Å². The first-order valence-electron chi connectivity index (χ1n) is 8.98. The summed E-state index contributed by atoms with van der Waals surface area (Å²) in [6, 6.07) is 18.9. The van der Waals surface area contributed by atoms with Crippen molar-refractivity contribution >= 4 is 34.2 Å². The van der Waals surface area contributed by atoms with Crippen LogP contribution in [0.15, 0.2) is 66.7 Å². The zero-order valence-electron chi connectivity index (χ0n) is 15.6. The Morgan fingerprint density at radius 3 is 2.21 bits per heavy atom. The third kappa shape index (κ3) is 4.90. The van der Waals surface area contributed by atoms with Crippen LogP contribution in [0.5, 0.6) is 5.75 Å². The first-order chi connectivity index (χ1) is 14.0. The van der Waals surface area contributed by atoms with Crippen molar-refractivity contribution in [3.05, 3.63) is 72.3 Å². The molecule has 0 fully saturated rings. The van der Waals surface area contributed by atoms with Gasteiger partial charge >= 0.3 is 5.97 Å². The fourth-order valence-corrected chi connectivity index (χ4v) is 2.90. The Labute approximate surface area is 167 Å². The molecule has 0 saturated heterocycles. The Hall–Kier alpha value is -3.87. The minimum absolute atomic E-state index is 0.0277. The molecule has 3 rings (SSSR count). The second kappa shape index (κ2) is 8.88. The van der Waals surface area contributed by atoms with Crippen molar-refractivity contribution in [1.29, 1.82) is 0 Å². The zero-order chi connectivity index (χ0) is 20.8. The number of nitrogens with two attached hydrogens (primary N) is 1. The molecule has 3 N–H and O–H groups in total. The third-order valence-electron chi connectivity index (χ3n) is 4.36. The average molecular weight is 392 g/mol. The number of benzene rings is 3. The number of amides is 2. The van der Waals surface area contributed by atoms with Gasteiger partial charge in [0.15, 0.2) is 6.61 Å². The largest absolute Gasteiger partial charge is 0.507 e. The molecule has 0 aliphatic carbocycles. The van der Waals surface area contributed by atoms with Gasteiger partial charge in [0.1, 0.15) is 11.3 Å². The van der Waals surface area contributed by atoms with Crippen molar-refractivity contribution in [2.45, 2.75) is 6.42 Å². The average Bonchev–Trinajstić information content (AvgIpc) is 2.72. The number of phenolic OH excluding ortho intramolecular Hbond substituents is 1. The molecule has 0 radical (unpaired) electrons. The molecule has 0 saturated carbocycles. The molecule has 0 aliphatic heterocycles. The fraction of sp³-hybridized carbons (Fsp3) is 0.136. The van der Waals surface area contributed by atoms with Crippen molar-refractivity contribution < 1.29 is 24.2 Å². The van der Waals surface area contributed by atoms with Crippen molar-refractivity contribution in [3.63, 3.8) is 0 Å².